The molecule has 2 aromatic rings. The number of halogens is 1. The second-order valence-electron chi connectivity index (χ2n) is 3.23. The predicted octanol–water partition coefficient (Wildman–Crippen LogP) is 2.31. The van der Waals surface area contributed by atoms with Crippen molar-refractivity contribution in [2.45, 2.75) is 19.5 Å². The van der Waals surface area contributed by atoms with Crippen LogP contribution in [0.25, 0.3) is 0 Å². The molecule has 0 bridgehead atoms. The lowest BCUT2D eigenvalue weighted by molar-refractivity contribution is 0.556. The Morgan fingerprint density at radius 3 is 3.07 bits per heavy atom. The van der Waals surface area contributed by atoms with E-state index in [-0.39, 0.29) is 6.04 Å². The minimum absolute atomic E-state index is 0.208. The zero-order chi connectivity index (χ0) is 10.8. The molecule has 2 N–H and O–H groups in total. The molecule has 1 atom stereocenters. The molecule has 0 aliphatic carbocycles. The van der Waals surface area contributed by atoms with Gasteiger partial charge in [0.25, 0.3) is 0 Å². The van der Waals surface area contributed by atoms with Crippen molar-refractivity contribution in [3.63, 3.8) is 0 Å². The van der Waals surface area contributed by atoms with Crippen LogP contribution in [-0.2, 0) is 6.54 Å². The summed E-state index contributed by atoms with van der Waals surface area (Å²) >= 11 is 3.45. The van der Waals surface area contributed by atoms with E-state index >= 15 is 0 Å². The number of aromatic nitrogens is 2. The highest BCUT2D eigenvalue weighted by molar-refractivity contribution is 9.10. The Bertz CT molecular complexity index is 435. The first-order valence-corrected chi connectivity index (χ1v) is 5.52. The maximum atomic E-state index is 6.13. The van der Waals surface area contributed by atoms with Gasteiger partial charge in [-0.1, -0.05) is 0 Å². The van der Waals surface area contributed by atoms with Crippen molar-refractivity contribution in [1.82, 2.24) is 9.78 Å². The molecule has 0 aliphatic rings. The standard InChI is InChI=1S/C10H12BrN3O/c1-2-14-10(8(11)5-13-14)9(12)7-3-4-15-6-7/h3-6,9H,2,12H2,1H3. The molecule has 4 nitrogen and oxygen atoms in total. The summed E-state index contributed by atoms with van der Waals surface area (Å²) < 4.78 is 7.83. The summed E-state index contributed by atoms with van der Waals surface area (Å²) in [4.78, 5) is 0. The quantitative estimate of drug-likeness (QED) is 0.931. The first-order valence-electron chi connectivity index (χ1n) is 4.73. The van der Waals surface area contributed by atoms with E-state index in [2.05, 4.69) is 21.0 Å². The minimum atomic E-state index is -0.208. The molecular formula is C10H12BrN3O. The number of hydrogen-bond donors (Lipinski definition) is 1. The summed E-state index contributed by atoms with van der Waals surface area (Å²) in [5.41, 5.74) is 8.05. The van der Waals surface area contributed by atoms with Crippen LogP contribution in [0.1, 0.15) is 24.2 Å². The van der Waals surface area contributed by atoms with Gasteiger partial charge in [-0.05, 0) is 28.9 Å². The fourth-order valence-electron chi connectivity index (χ4n) is 1.54. The van der Waals surface area contributed by atoms with Gasteiger partial charge in [0.05, 0.1) is 34.9 Å². The number of hydrogen-bond acceptors (Lipinski definition) is 3. The Kier molecular flexibility index (Phi) is 2.93. The van der Waals surface area contributed by atoms with Crippen LogP contribution in [-0.4, -0.2) is 9.78 Å². The average molecular weight is 270 g/mol. The van der Waals surface area contributed by atoms with E-state index in [4.69, 9.17) is 10.2 Å². The summed E-state index contributed by atoms with van der Waals surface area (Å²) in [6, 6.07) is 1.66. The van der Waals surface area contributed by atoms with Gasteiger partial charge >= 0.3 is 0 Å². The monoisotopic (exact) mass is 269 g/mol. The number of rotatable bonds is 3. The van der Waals surface area contributed by atoms with Crippen molar-refractivity contribution in [3.8, 4) is 0 Å². The minimum Gasteiger partial charge on any atom is -0.472 e. The van der Waals surface area contributed by atoms with Crippen molar-refractivity contribution in [2.24, 2.45) is 5.73 Å². The van der Waals surface area contributed by atoms with E-state index < -0.39 is 0 Å². The highest BCUT2D eigenvalue weighted by atomic mass is 79.9. The predicted molar refractivity (Wildman–Crippen MR) is 60.3 cm³/mol. The van der Waals surface area contributed by atoms with E-state index in [9.17, 15) is 0 Å². The summed E-state index contributed by atoms with van der Waals surface area (Å²) in [7, 11) is 0. The molecular weight excluding hydrogens is 258 g/mol. The van der Waals surface area contributed by atoms with Crippen molar-refractivity contribution in [2.75, 3.05) is 0 Å². The second-order valence-corrected chi connectivity index (χ2v) is 4.08. The SMILES string of the molecule is CCn1ncc(Br)c1C(N)c1ccoc1. The lowest BCUT2D eigenvalue weighted by atomic mass is 10.1. The lowest BCUT2D eigenvalue weighted by Crippen LogP contribution is -2.17. The molecule has 2 heterocycles. The zero-order valence-electron chi connectivity index (χ0n) is 8.35. The molecule has 5 heteroatoms. The van der Waals surface area contributed by atoms with Crippen LogP contribution in [0.4, 0.5) is 0 Å². The van der Waals surface area contributed by atoms with Crippen LogP contribution in [0.2, 0.25) is 0 Å². The Morgan fingerprint density at radius 2 is 2.47 bits per heavy atom. The third kappa shape index (κ3) is 1.85. The lowest BCUT2D eigenvalue weighted by Gasteiger charge is -2.12. The van der Waals surface area contributed by atoms with E-state index in [1.807, 2.05) is 17.7 Å². The van der Waals surface area contributed by atoms with E-state index in [1.165, 1.54) is 0 Å². The van der Waals surface area contributed by atoms with Crippen LogP contribution in [0.3, 0.4) is 0 Å². The van der Waals surface area contributed by atoms with Gasteiger partial charge in [-0.3, -0.25) is 4.68 Å². The Labute approximate surface area is 96.2 Å². The molecule has 2 rings (SSSR count). The largest absolute Gasteiger partial charge is 0.472 e. The molecule has 0 spiro atoms. The first-order chi connectivity index (χ1) is 7.24. The van der Waals surface area contributed by atoms with E-state index in [0.29, 0.717) is 0 Å². The highest BCUT2D eigenvalue weighted by Crippen LogP contribution is 2.26. The zero-order valence-corrected chi connectivity index (χ0v) is 9.94. The first kappa shape index (κ1) is 10.4. The maximum Gasteiger partial charge on any atom is 0.0954 e. The van der Waals surface area contributed by atoms with Crippen LogP contribution in [0.15, 0.2) is 33.7 Å². The number of nitrogens with zero attached hydrogens (tertiary/aromatic N) is 2. The van der Waals surface area contributed by atoms with Gasteiger partial charge in [-0.15, -0.1) is 0 Å². The topological polar surface area (TPSA) is 57.0 Å². The van der Waals surface area contributed by atoms with E-state index in [1.54, 1.807) is 18.7 Å². The molecule has 0 fully saturated rings. The molecule has 0 aliphatic heterocycles. The van der Waals surface area contributed by atoms with Crippen molar-refractivity contribution in [3.05, 3.63) is 40.5 Å². The number of aryl methyl sites for hydroxylation is 1. The van der Waals surface area contributed by atoms with Crippen molar-refractivity contribution < 1.29 is 4.42 Å². The van der Waals surface area contributed by atoms with Crippen LogP contribution in [0, 0.1) is 0 Å². The second kappa shape index (κ2) is 4.20. The maximum absolute atomic E-state index is 6.13. The van der Waals surface area contributed by atoms with Gasteiger partial charge in [-0.2, -0.15) is 5.10 Å². The Morgan fingerprint density at radius 1 is 1.67 bits per heavy atom. The molecule has 1 unspecified atom stereocenters. The molecule has 0 radical (unpaired) electrons. The normalized spacial score (nSPS) is 13.0. The molecule has 2 aromatic heterocycles. The van der Waals surface area contributed by atoms with Crippen LogP contribution >= 0.6 is 15.9 Å². The molecule has 15 heavy (non-hydrogen) atoms. The van der Waals surface area contributed by atoms with Gasteiger partial charge in [0.15, 0.2) is 0 Å². The van der Waals surface area contributed by atoms with Crippen molar-refractivity contribution in [1.29, 1.82) is 0 Å². The average Bonchev–Trinajstić information content (AvgIpc) is 2.85. The van der Waals surface area contributed by atoms with Gasteiger partial charge < -0.3 is 10.2 Å². The number of furan rings is 1. The molecule has 0 saturated carbocycles. The van der Waals surface area contributed by atoms with Crippen molar-refractivity contribution >= 4 is 15.9 Å². The summed E-state index contributed by atoms with van der Waals surface area (Å²) in [5.74, 6) is 0. The molecule has 0 saturated heterocycles. The smallest absolute Gasteiger partial charge is 0.0954 e. The summed E-state index contributed by atoms with van der Waals surface area (Å²) in [5, 5.41) is 4.22. The summed E-state index contributed by atoms with van der Waals surface area (Å²) in [6.07, 6.45) is 5.04. The van der Waals surface area contributed by atoms with Crippen LogP contribution < -0.4 is 5.73 Å². The Balaban J connectivity index is 2.40. The third-order valence-electron chi connectivity index (χ3n) is 2.33. The molecule has 0 amide bonds. The summed E-state index contributed by atoms with van der Waals surface area (Å²) in [6.45, 7) is 2.83. The Hall–Kier alpha value is -1.07. The van der Waals surface area contributed by atoms with Gasteiger partial charge in [0, 0.05) is 12.1 Å². The van der Waals surface area contributed by atoms with Gasteiger partial charge in [0.1, 0.15) is 0 Å². The van der Waals surface area contributed by atoms with Gasteiger partial charge in [-0.25, -0.2) is 0 Å². The highest BCUT2D eigenvalue weighted by Gasteiger charge is 2.18. The van der Waals surface area contributed by atoms with Gasteiger partial charge in [0.2, 0.25) is 0 Å². The van der Waals surface area contributed by atoms with E-state index in [0.717, 1.165) is 22.3 Å². The fraction of sp³-hybridized carbons (Fsp3) is 0.300. The van der Waals surface area contributed by atoms with Crippen LogP contribution in [0.5, 0.6) is 0 Å². The third-order valence-corrected chi connectivity index (χ3v) is 2.94. The fourth-order valence-corrected chi connectivity index (χ4v) is 2.09. The molecule has 80 valence electrons. The molecule has 0 aromatic carbocycles. The number of nitrogens with two attached hydrogens (primary N) is 1.